The molecule has 2 atom stereocenters. The lowest BCUT2D eigenvalue weighted by Crippen LogP contribution is -2.58. The Morgan fingerprint density at radius 2 is 2.12 bits per heavy atom. The number of aliphatic carboxylic acids is 1. The Morgan fingerprint density at radius 3 is 2.62 bits per heavy atom. The fourth-order valence-electron chi connectivity index (χ4n) is 3.06. The number of pyridine rings is 1. The molecule has 0 bridgehead atoms. The van der Waals surface area contributed by atoms with E-state index in [1.54, 1.807) is 0 Å². The van der Waals surface area contributed by atoms with Gasteiger partial charge in [-0.15, -0.1) is 0 Å². The van der Waals surface area contributed by atoms with Crippen molar-refractivity contribution >= 4 is 27.8 Å². The van der Waals surface area contributed by atoms with Gasteiger partial charge in [-0.2, -0.15) is 5.26 Å². The van der Waals surface area contributed by atoms with Gasteiger partial charge in [0, 0.05) is 6.20 Å². The number of carboxylic acids is 1. The lowest BCUT2D eigenvalue weighted by atomic mass is 9.95. The Kier molecular flexibility index (Phi) is 3.28. The summed E-state index contributed by atoms with van der Waals surface area (Å²) in [5.74, 6) is -1.98. The van der Waals surface area contributed by atoms with E-state index in [2.05, 4.69) is 4.98 Å². The molecule has 3 rings (SSSR count). The van der Waals surface area contributed by atoms with Crippen LogP contribution in [0.3, 0.4) is 0 Å². The standard InChI is InChI=1S/C15H13N3O5S/c1-15(2)11(14(20)21)18-12(19)10(13(18)24(15,22)23)5-9-4-3-8(6-16)7-17-9/h3-5,7,11,13H,1-2H3,(H,20,21)/b10-5-/t11-,13+/m0/s1. The van der Waals surface area contributed by atoms with Crippen molar-refractivity contribution in [3.8, 4) is 6.07 Å². The fraction of sp³-hybridized carbons (Fsp3) is 0.333. The average molecular weight is 347 g/mol. The summed E-state index contributed by atoms with van der Waals surface area (Å²) in [4.78, 5) is 28.6. The predicted molar refractivity (Wildman–Crippen MR) is 82.0 cm³/mol. The molecule has 124 valence electrons. The molecular weight excluding hydrogens is 334 g/mol. The molecule has 2 saturated heterocycles. The minimum Gasteiger partial charge on any atom is -0.480 e. The van der Waals surface area contributed by atoms with E-state index in [9.17, 15) is 23.1 Å². The Bertz CT molecular complexity index is 925. The highest BCUT2D eigenvalue weighted by Gasteiger charge is 2.70. The van der Waals surface area contributed by atoms with Crippen LogP contribution in [-0.4, -0.2) is 51.4 Å². The number of carbonyl (C=O) groups is 2. The van der Waals surface area contributed by atoms with Crippen LogP contribution < -0.4 is 0 Å². The second-order valence-electron chi connectivity index (χ2n) is 6.14. The molecule has 1 N–H and O–H groups in total. The van der Waals surface area contributed by atoms with Crippen LogP contribution in [0.25, 0.3) is 6.08 Å². The van der Waals surface area contributed by atoms with Crippen molar-refractivity contribution in [1.82, 2.24) is 9.88 Å². The second-order valence-corrected chi connectivity index (χ2v) is 8.73. The van der Waals surface area contributed by atoms with Gasteiger partial charge in [-0.3, -0.25) is 9.78 Å². The topological polar surface area (TPSA) is 128 Å². The third-order valence-electron chi connectivity index (χ3n) is 4.42. The lowest BCUT2D eigenvalue weighted by molar-refractivity contribution is -0.152. The predicted octanol–water partition coefficient (Wildman–Crippen LogP) is 0.165. The molecule has 0 aliphatic carbocycles. The molecule has 0 saturated carbocycles. The SMILES string of the molecule is CC1(C)[C@H](C(=O)O)N2C(=O)/C(=C/c3ccc(C#N)cn3)[C@H]2S1(=O)=O. The molecule has 1 aromatic heterocycles. The summed E-state index contributed by atoms with van der Waals surface area (Å²) >= 11 is 0. The number of sulfone groups is 1. The highest BCUT2D eigenvalue weighted by Crippen LogP contribution is 2.48. The number of fused-ring (bicyclic) bond motifs is 1. The maximum absolute atomic E-state index is 12.7. The third-order valence-corrected chi connectivity index (χ3v) is 7.18. The third kappa shape index (κ3) is 1.89. The van der Waals surface area contributed by atoms with E-state index < -0.39 is 37.9 Å². The van der Waals surface area contributed by atoms with E-state index in [1.807, 2.05) is 6.07 Å². The monoisotopic (exact) mass is 347 g/mol. The summed E-state index contributed by atoms with van der Waals surface area (Å²) in [6.07, 6.45) is 2.63. The molecule has 2 fully saturated rings. The molecular formula is C15H13N3O5S. The molecule has 24 heavy (non-hydrogen) atoms. The quantitative estimate of drug-likeness (QED) is 0.596. The van der Waals surface area contributed by atoms with E-state index in [-0.39, 0.29) is 5.57 Å². The molecule has 9 heteroatoms. The van der Waals surface area contributed by atoms with Crippen LogP contribution in [0.1, 0.15) is 25.1 Å². The Morgan fingerprint density at radius 1 is 1.46 bits per heavy atom. The molecule has 1 amide bonds. The molecule has 8 nitrogen and oxygen atoms in total. The summed E-state index contributed by atoms with van der Waals surface area (Å²) in [6.45, 7) is 2.62. The first kappa shape index (κ1) is 16.1. The van der Waals surface area contributed by atoms with Crippen LogP contribution in [0, 0.1) is 11.3 Å². The number of carbonyl (C=O) groups excluding carboxylic acids is 1. The van der Waals surface area contributed by atoms with Gasteiger partial charge >= 0.3 is 5.97 Å². The number of nitriles is 1. The highest BCUT2D eigenvalue weighted by molar-refractivity contribution is 7.94. The zero-order chi connectivity index (χ0) is 17.9. The van der Waals surface area contributed by atoms with Crippen LogP contribution in [0.4, 0.5) is 0 Å². The summed E-state index contributed by atoms with van der Waals surface area (Å²) < 4.78 is 23.8. The van der Waals surface area contributed by atoms with Crippen molar-refractivity contribution in [3.63, 3.8) is 0 Å². The number of hydrogen-bond donors (Lipinski definition) is 1. The van der Waals surface area contributed by atoms with Crippen LogP contribution in [-0.2, 0) is 19.4 Å². The Labute approximate surface area is 137 Å². The molecule has 3 heterocycles. The maximum atomic E-state index is 12.7. The minimum atomic E-state index is -3.90. The highest BCUT2D eigenvalue weighted by atomic mass is 32.2. The first-order chi connectivity index (χ1) is 11.1. The van der Waals surface area contributed by atoms with Crippen molar-refractivity contribution in [2.24, 2.45) is 0 Å². The van der Waals surface area contributed by atoms with E-state index in [0.29, 0.717) is 11.3 Å². The number of hydrogen-bond acceptors (Lipinski definition) is 6. The van der Waals surface area contributed by atoms with Gasteiger partial charge in [-0.1, -0.05) is 0 Å². The number of amides is 1. The molecule has 1 aromatic rings. The largest absolute Gasteiger partial charge is 0.480 e. The van der Waals surface area contributed by atoms with E-state index in [0.717, 1.165) is 4.90 Å². The lowest BCUT2D eigenvalue weighted by Gasteiger charge is -2.37. The molecule has 0 radical (unpaired) electrons. The van der Waals surface area contributed by atoms with Gasteiger partial charge < -0.3 is 10.0 Å². The van der Waals surface area contributed by atoms with Crippen LogP contribution in [0.5, 0.6) is 0 Å². The first-order valence-corrected chi connectivity index (χ1v) is 8.54. The van der Waals surface area contributed by atoms with Gasteiger partial charge in [0.25, 0.3) is 5.91 Å². The zero-order valence-electron chi connectivity index (χ0n) is 12.8. The smallest absolute Gasteiger partial charge is 0.328 e. The van der Waals surface area contributed by atoms with Crippen LogP contribution >= 0.6 is 0 Å². The van der Waals surface area contributed by atoms with E-state index >= 15 is 0 Å². The summed E-state index contributed by atoms with van der Waals surface area (Å²) in [5, 5.41) is 16.8. The molecule has 0 unspecified atom stereocenters. The van der Waals surface area contributed by atoms with Crippen molar-refractivity contribution in [1.29, 1.82) is 5.26 Å². The number of carboxylic acid groups (broad SMARTS) is 1. The molecule has 0 aromatic carbocycles. The maximum Gasteiger partial charge on any atom is 0.328 e. The van der Waals surface area contributed by atoms with Gasteiger partial charge in [0.1, 0.15) is 10.8 Å². The van der Waals surface area contributed by atoms with E-state index in [1.165, 1.54) is 38.3 Å². The number of rotatable bonds is 2. The van der Waals surface area contributed by atoms with Gasteiger partial charge in [0.15, 0.2) is 21.3 Å². The van der Waals surface area contributed by atoms with Gasteiger partial charge in [0.05, 0.1) is 16.8 Å². The summed E-state index contributed by atoms with van der Waals surface area (Å²) in [7, 11) is -3.90. The van der Waals surface area contributed by atoms with Gasteiger partial charge in [-0.05, 0) is 32.1 Å². The summed E-state index contributed by atoms with van der Waals surface area (Å²) in [6, 6.07) is 3.46. The fourth-order valence-corrected chi connectivity index (χ4v) is 5.18. The molecule has 2 aliphatic rings. The first-order valence-electron chi connectivity index (χ1n) is 6.99. The minimum absolute atomic E-state index is 0.0102. The Hall–Kier alpha value is -2.73. The van der Waals surface area contributed by atoms with Crippen molar-refractivity contribution in [3.05, 3.63) is 35.2 Å². The number of β-lactam (4-membered cyclic amide) rings is 1. The molecule has 0 spiro atoms. The Balaban J connectivity index is 2.06. The second kappa shape index (κ2) is 4.88. The van der Waals surface area contributed by atoms with Crippen LogP contribution in [0.2, 0.25) is 0 Å². The van der Waals surface area contributed by atoms with Crippen molar-refractivity contribution in [2.45, 2.75) is 30.0 Å². The van der Waals surface area contributed by atoms with Crippen molar-refractivity contribution in [2.75, 3.05) is 0 Å². The van der Waals surface area contributed by atoms with Crippen molar-refractivity contribution < 1.29 is 23.1 Å². The number of aromatic nitrogens is 1. The van der Waals surface area contributed by atoms with Gasteiger partial charge in [0.2, 0.25) is 0 Å². The van der Waals surface area contributed by atoms with Crippen LogP contribution in [0.15, 0.2) is 23.9 Å². The average Bonchev–Trinajstić information content (AvgIpc) is 2.66. The zero-order valence-corrected chi connectivity index (χ0v) is 13.6. The molecule has 2 aliphatic heterocycles. The summed E-state index contributed by atoms with van der Waals surface area (Å²) in [5.41, 5.74) is 0.645. The van der Waals surface area contributed by atoms with E-state index in [4.69, 9.17) is 5.26 Å². The number of nitrogens with zero attached hydrogens (tertiary/aromatic N) is 3. The normalized spacial score (nSPS) is 28.1. The van der Waals surface area contributed by atoms with Gasteiger partial charge in [-0.25, -0.2) is 13.2 Å².